The molecule has 1 atom stereocenters. The highest BCUT2D eigenvalue weighted by atomic mass is 35.5. The van der Waals surface area contributed by atoms with Crippen LogP contribution in [0.2, 0.25) is 5.02 Å². The van der Waals surface area contributed by atoms with E-state index in [1.807, 2.05) is 6.92 Å². The maximum atomic E-state index is 12.7. The first-order valence-electron chi connectivity index (χ1n) is 9.31. The highest BCUT2D eigenvalue weighted by Gasteiger charge is 2.43. The largest absolute Gasteiger partial charge is 0.489 e. The Labute approximate surface area is 153 Å². The van der Waals surface area contributed by atoms with E-state index in [1.54, 1.807) is 6.07 Å². The van der Waals surface area contributed by atoms with Crippen LogP contribution in [0.25, 0.3) is 0 Å². The van der Waals surface area contributed by atoms with E-state index in [4.69, 9.17) is 22.1 Å². The molecule has 25 heavy (non-hydrogen) atoms. The fourth-order valence-electron chi connectivity index (χ4n) is 4.87. The second-order valence-corrected chi connectivity index (χ2v) is 8.09. The van der Waals surface area contributed by atoms with Gasteiger partial charge in [-0.05, 0) is 58.2 Å². The number of halogens is 1. The number of nitrogens with two attached hydrogens (primary N) is 1. The lowest BCUT2D eigenvalue weighted by atomic mass is 9.90. The number of amides is 1. The van der Waals surface area contributed by atoms with Crippen LogP contribution in [0.4, 0.5) is 5.69 Å². The second kappa shape index (κ2) is 6.36. The third-order valence-electron chi connectivity index (χ3n) is 6.11. The highest BCUT2D eigenvalue weighted by molar-refractivity contribution is 6.33. The smallest absolute Gasteiger partial charge is 0.255 e. The van der Waals surface area contributed by atoms with Crippen LogP contribution in [0.5, 0.6) is 5.75 Å². The Morgan fingerprint density at radius 2 is 2.16 bits per heavy atom. The highest BCUT2D eigenvalue weighted by Crippen LogP contribution is 2.42. The fourth-order valence-corrected chi connectivity index (χ4v) is 5.10. The summed E-state index contributed by atoms with van der Waals surface area (Å²) in [5.74, 6) is 0.486. The van der Waals surface area contributed by atoms with Crippen LogP contribution in [0.15, 0.2) is 6.07 Å². The van der Waals surface area contributed by atoms with Crippen molar-refractivity contribution in [1.82, 2.24) is 10.2 Å². The number of benzene rings is 1. The lowest BCUT2D eigenvalue weighted by molar-refractivity contribution is 0.0938. The Kier molecular flexibility index (Phi) is 4.32. The molecule has 0 aromatic heterocycles. The molecule has 6 heteroatoms. The SMILES string of the molecule is CC1Cc2c(N)c(Cl)cc(C(=O)NCCC34CCCN3CCC4)c2O1. The number of carbonyl (C=O) groups is 1. The van der Waals surface area contributed by atoms with Gasteiger partial charge in [0, 0.05) is 24.1 Å². The van der Waals surface area contributed by atoms with E-state index in [0.29, 0.717) is 40.5 Å². The topological polar surface area (TPSA) is 67.6 Å². The molecule has 3 N–H and O–H groups in total. The van der Waals surface area contributed by atoms with Gasteiger partial charge in [-0.25, -0.2) is 0 Å². The zero-order valence-corrected chi connectivity index (χ0v) is 15.5. The lowest BCUT2D eigenvalue weighted by Crippen LogP contribution is -2.41. The minimum absolute atomic E-state index is 0.0201. The van der Waals surface area contributed by atoms with Crippen molar-refractivity contribution in [3.63, 3.8) is 0 Å². The molecule has 1 aromatic carbocycles. The van der Waals surface area contributed by atoms with E-state index in [2.05, 4.69) is 10.2 Å². The molecule has 2 saturated heterocycles. The van der Waals surface area contributed by atoms with Gasteiger partial charge in [-0.1, -0.05) is 11.6 Å². The Morgan fingerprint density at radius 3 is 2.88 bits per heavy atom. The number of nitrogen functional groups attached to an aromatic ring is 1. The van der Waals surface area contributed by atoms with E-state index < -0.39 is 0 Å². The number of anilines is 1. The summed E-state index contributed by atoms with van der Waals surface area (Å²) in [6.07, 6.45) is 6.80. The molecule has 5 nitrogen and oxygen atoms in total. The number of ether oxygens (including phenoxy) is 1. The van der Waals surface area contributed by atoms with Gasteiger partial charge in [0.2, 0.25) is 0 Å². The van der Waals surface area contributed by atoms with Gasteiger partial charge in [-0.3, -0.25) is 9.69 Å². The van der Waals surface area contributed by atoms with E-state index in [1.165, 1.54) is 38.8 Å². The maximum Gasteiger partial charge on any atom is 0.255 e. The minimum atomic E-state index is -0.119. The Hall–Kier alpha value is -1.46. The van der Waals surface area contributed by atoms with Gasteiger partial charge in [0.1, 0.15) is 11.9 Å². The lowest BCUT2D eigenvalue weighted by Gasteiger charge is -2.32. The monoisotopic (exact) mass is 363 g/mol. The number of fused-ring (bicyclic) bond motifs is 2. The van der Waals surface area contributed by atoms with Crippen molar-refractivity contribution in [3.8, 4) is 5.75 Å². The molecule has 1 amide bonds. The molecule has 2 fully saturated rings. The predicted molar refractivity (Wildman–Crippen MR) is 99.4 cm³/mol. The second-order valence-electron chi connectivity index (χ2n) is 7.68. The molecule has 3 aliphatic heterocycles. The van der Waals surface area contributed by atoms with Crippen LogP contribution in [-0.4, -0.2) is 42.1 Å². The van der Waals surface area contributed by atoms with Crippen molar-refractivity contribution in [2.24, 2.45) is 0 Å². The number of hydrogen-bond donors (Lipinski definition) is 2. The summed E-state index contributed by atoms with van der Waals surface area (Å²) in [5, 5.41) is 3.51. The minimum Gasteiger partial charge on any atom is -0.489 e. The Morgan fingerprint density at radius 1 is 1.44 bits per heavy atom. The first-order chi connectivity index (χ1) is 12.0. The molecule has 0 bridgehead atoms. The third kappa shape index (κ3) is 2.87. The number of rotatable bonds is 4. The molecule has 0 spiro atoms. The number of nitrogens with one attached hydrogen (secondary N) is 1. The number of nitrogens with zero attached hydrogens (tertiary/aromatic N) is 1. The van der Waals surface area contributed by atoms with Crippen LogP contribution >= 0.6 is 11.6 Å². The molecule has 3 aliphatic rings. The van der Waals surface area contributed by atoms with Gasteiger partial charge in [-0.2, -0.15) is 0 Å². The number of hydrogen-bond acceptors (Lipinski definition) is 4. The van der Waals surface area contributed by atoms with Crippen molar-refractivity contribution in [2.45, 2.75) is 57.1 Å². The van der Waals surface area contributed by atoms with Crippen LogP contribution in [0.1, 0.15) is 54.9 Å². The summed E-state index contributed by atoms with van der Waals surface area (Å²) in [7, 11) is 0. The quantitative estimate of drug-likeness (QED) is 0.807. The summed E-state index contributed by atoms with van der Waals surface area (Å²) in [6.45, 7) is 5.08. The Bertz CT molecular complexity index is 696. The molecular formula is C19H26ClN3O2. The van der Waals surface area contributed by atoms with Crippen molar-refractivity contribution < 1.29 is 9.53 Å². The molecule has 3 heterocycles. The molecule has 136 valence electrons. The molecule has 1 unspecified atom stereocenters. The maximum absolute atomic E-state index is 12.7. The van der Waals surface area contributed by atoms with Crippen molar-refractivity contribution in [1.29, 1.82) is 0 Å². The summed E-state index contributed by atoms with van der Waals surface area (Å²) in [6, 6.07) is 1.64. The van der Waals surface area contributed by atoms with Crippen LogP contribution in [0.3, 0.4) is 0 Å². The standard InChI is InChI=1S/C19H26ClN3O2/c1-12-10-13-16(21)15(20)11-14(17(13)25-12)18(24)22-7-6-19-4-2-8-23(19)9-3-5-19/h11-12H,2-10,21H2,1H3,(H,22,24). The van der Waals surface area contributed by atoms with E-state index in [-0.39, 0.29) is 12.0 Å². The average Bonchev–Trinajstić information content (AvgIpc) is 3.24. The van der Waals surface area contributed by atoms with Gasteiger partial charge in [0.15, 0.2) is 0 Å². The molecular weight excluding hydrogens is 338 g/mol. The number of carbonyl (C=O) groups excluding carboxylic acids is 1. The van der Waals surface area contributed by atoms with Crippen molar-refractivity contribution in [3.05, 3.63) is 22.2 Å². The molecule has 0 saturated carbocycles. The van der Waals surface area contributed by atoms with E-state index in [9.17, 15) is 4.79 Å². The molecule has 0 aliphatic carbocycles. The molecule has 1 aromatic rings. The van der Waals surface area contributed by atoms with Gasteiger partial charge >= 0.3 is 0 Å². The summed E-state index contributed by atoms with van der Waals surface area (Å²) < 4.78 is 5.84. The van der Waals surface area contributed by atoms with Gasteiger partial charge in [0.25, 0.3) is 5.91 Å². The Balaban J connectivity index is 1.46. The van der Waals surface area contributed by atoms with Crippen LogP contribution in [-0.2, 0) is 6.42 Å². The molecule has 4 rings (SSSR count). The van der Waals surface area contributed by atoms with Crippen LogP contribution < -0.4 is 15.8 Å². The predicted octanol–water partition coefficient (Wildman–Crippen LogP) is 2.99. The third-order valence-corrected chi connectivity index (χ3v) is 6.43. The fraction of sp³-hybridized carbons (Fsp3) is 0.632. The van der Waals surface area contributed by atoms with Gasteiger partial charge < -0.3 is 15.8 Å². The zero-order valence-electron chi connectivity index (χ0n) is 14.7. The first kappa shape index (κ1) is 17.0. The normalized spacial score (nSPS) is 24.0. The van der Waals surface area contributed by atoms with Gasteiger partial charge in [-0.15, -0.1) is 0 Å². The van der Waals surface area contributed by atoms with Crippen molar-refractivity contribution in [2.75, 3.05) is 25.4 Å². The molecule has 0 radical (unpaired) electrons. The van der Waals surface area contributed by atoms with E-state index >= 15 is 0 Å². The van der Waals surface area contributed by atoms with Crippen molar-refractivity contribution >= 4 is 23.2 Å². The average molecular weight is 364 g/mol. The van der Waals surface area contributed by atoms with Crippen LogP contribution in [0, 0.1) is 0 Å². The first-order valence-corrected chi connectivity index (χ1v) is 9.69. The summed E-state index contributed by atoms with van der Waals surface area (Å²) in [5.41, 5.74) is 8.27. The summed E-state index contributed by atoms with van der Waals surface area (Å²) >= 11 is 6.23. The zero-order chi connectivity index (χ0) is 17.6. The van der Waals surface area contributed by atoms with Gasteiger partial charge in [0.05, 0.1) is 16.3 Å². The van der Waals surface area contributed by atoms with E-state index in [0.717, 1.165) is 12.0 Å². The summed E-state index contributed by atoms with van der Waals surface area (Å²) in [4.78, 5) is 15.3.